The second kappa shape index (κ2) is 6.80. The number of alkyl halides is 1. The van der Waals surface area contributed by atoms with Gasteiger partial charge < -0.3 is 9.47 Å². The Morgan fingerprint density at radius 1 is 0.950 bits per heavy atom. The first kappa shape index (κ1) is 14.9. The normalized spacial score (nSPS) is 12.0. The molecule has 0 heterocycles. The lowest BCUT2D eigenvalue weighted by Crippen LogP contribution is -1.98. The van der Waals surface area contributed by atoms with Crippen LogP contribution in [0.3, 0.4) is 0 Å². The van der Waals surface area contributed by atoms with Gasteiger partial charge in [0.15, 0.2) is 11.5 Å². The molecule has 0 aromatic heterocycles. The smallest absolute Gasteiger partial charge is 0.161 e. The van der Waals surface area contributed by atoms with Crippen molar-refractivity contribution >= 4 is 15.9 Å². The quantitative estimate of drug-likeness (QED) is 0.738. The number of aryl methyl sites for hydroxylation is 1. The van der Waals surface area contributed by atoms with Crippen LogP contribution in [0.25, 0.3) is 0 Å². The minimum atomic E-state index is 0.255. The maximum Gasteiger partial charge on any atom is 0.161 e. The molecular weight excluding hydrogens is 316 g/mol. The summed E-state index contributed by atoms with van der Waals surface area (Å²) >= 11 is 3.75. The summed E-state index contributed by atoms with van der Waals surface area (Å²) in [5, 5.41) is 0. The molecule has 0 radical (unpaired) electrons. The molecule has 0 spiro atoms. The fraction of sp³-hybridized carbons (Fsp3) is 0.294. The van der Waals surface area contributed by atoms with Crippen molar-refractivity contribution in [2.75, 3.05) is 14.2 Å². The molecule has 1 atom stereocenters. The highest BCUT2D eigenvalue weighted by molar-refractivity contribution is 9.09. The second-order valence-electron chi connectivity index (χ2n) is 4.77. The van der Waals surface area contributed by atoms with Gasteiger partial charge in [-0.1, -0.05) is 51.8 Å². The molecule has 0 saturated carbocycles. The Morgan fingerprint density at radius 3 is 2.20 bits per heavy atom. The van der Waals surface area contributed by atoms with Crippen molar-refractivity contribution in [2.45, 2.75) is 18.2 Å². The average molecular weight is 335 g/mol. The van der Waals surface area contributed by atoms with Gasteiger partial charge in [-0.3, -0.25) is 0 Å². The summed E-state index contributed by atoms with van der Waals surface area (Å²) in [6.45, 7) is 2.10. The molecule has 20 heavy (non-hydrogen) atoms. The van der Waals surface area contributed by atoms with Gasteiger partial charge in [0.25, 0.3) is 0 Å². The third-order valence-corrected chi connectivity index (χ3v) is 4.16. The van der Waals surface area contributed by atoms with Crippen LogP contribution in [0.5, 0.6) is 11.5 Å². The predicted octanol–water partition coefficient (Wildman–Crippen LogP) is 4.69. The van der Waals surface area contributed by atoms with Crippen molar-refractivity contribution in [3.8, 4) is 11.5 Å². The summed E-state index contributed by atoms with van der Waals surface area (Å²) in [5.74, 6) is 1.52. The summed E-state index contributed by atoms with van der Waals surface area (Å²) in [6, 6.07) is 14.7. The highest BCUT2D eigenvalue weighted by Crippen LogP contribution is 2.34. The first-order valence-corrected chi connectivity index (χ1v) is 7.47. The topological polar surface area (TPSA) is 18.5 Å². The van der Waals surface area contributed by atoms with Crippen molar-refractivity contribution in [2.24, 2.45) is 0 Å². The van der Waals surface area contributed by atoms with E-state index >= 15 is 0 Å². The van der Waals surface area contributed by atoms with E-state index in [2.05, 4.69) is 53.2 Å². The van der Waals surface area contributed by atoms with Crippen molar-refractivity contribution in [1.82, 2.24) is 0 Å². The monoisotopic (exact) mass is 334 g/mol. The van der Waals surface area contributed by atoms with Gasteiger partial charge in [0.2, 0.25) is 0 Å². The van der Waals surface area contributed by atoms with Crippen LogP contribution in [-0.2, 0) is 6.42 Å². The zero-order valence-electron chi connectivity index (χ0n) is 12.0. The Hall–Kier alpha value is -1.48. The van der Waals surface area contributed by atoms with Crippen molar-refractivity contribution in [3.63, 3.8) is 0 Å². The number of hydrogen-bond acceptors (Lipinski definition) is 2. The summed E-state index contributed by atoms with van der Waals surface area (Å²) in [4.78, 5) is 0.255. The number of benzene rings is 2. The molecule has 0 aliphatic carbocycles. The summed E-state index contributed by atoms with van der Waals surface area (Å²) in [7, 11) is 3.31. The molecule has 2 aromatic rings. The molecule has 0 amide bonds. The second-order valence-corrected chi connectivity index (χ2v) is 5.88. The van der Waals surface area contributed by atoms with Crippen LogP contribution in [0, 0.1) is 6.92 Å². The van der Waals surface area contributed by atoms with Gasteiger partial charge in [-0.15, -0.1) is 0 Å². The van der Waals surface area contributed by atoms with Crippen LogP contribution in [0.4, 0.5) is 0 Å². The van der Waals surface area contributed by atoms with Gasteiger partial charge in [-0.05, 0) is 36.6 Å². The van der Waals surface area contributed by atoms with E-state index in [0.717, 1.165) is 17.9 Å². The molecule has 0 fully saturated rings. The van der Waals surface area contributed by atoms with Crippen molar-refractivity contribution in [1.29, 1.82) is 0 Å². The van der Waals surface area contributed by atoms with E-state index in [0.29, 0.717) is 0 Å². The Kier molecular flexibility index (Phi) is 5.07. The van der Waals surface area contributed by atoms with Gasteiger partial charge in [0.1, 0.15) is 0 Å². The Balaban J connectivity index is 2.16. The Labute approximate surface area is 128 Å². The van der Waals surface area contributed by atoms with E-state index in [4.69, 9.17) is 9.47 Å². The lowest BCUT2D eigenvalue weighted by atomic mass is 10.0. The van der Waals surface area contributed by atoms with E-state index in [1.807, 2.05) is 12.1 Å². The predicted molar refractivity (Wildman–Crippen MR) is 86.1 cm³/mol. The first-order chi connectivity index (χ1) is 9.63. The zero-order chi connectivity index (χ0) is 14.5. The van der Waals surface area contributed by atoms with Crippen LogP contribution >= 0.6 is 15.9 Å². The van der Waals surface area contributed by atoms with Gasteiger partial charge in [0, 0.05) is 4.83 Å². The third-order valence-electron chi connectivity index (χ3n) is 3.30. The Morgan fingerprint density at radius 2 is 1.60 bits per heavy atom. The SMILES string of the molecule is COc1ccc(C(Br)Cc2ccc(C)cc2)cc1OC. The van der Waals surface area contributed by atoms with E-state index in [-0.39, 0.29) is 4.83 Å². The minimum Gasteiger partial charge on any atom is -0.493 e. The molecular formula is C17H19BrO2. The number of methoxy groups -OCH3 is 2. The molecule has 1 unspecified atom stereocenters. The molecule has 0 bridgehead atoms. The van der Waals surface area contributed by atoms with Crippen LogP contribution in [0.15, 0.2) is 42.5 Å². The lowest BCUT2D eigenvalue weighted by Gasteiger charge is -2.14. The maximum atomic E-state index is 5.35. The molecule has 0 saturated heterocycles. The van der Waals surface area contributed by atoms with Crippen molar-refractivity contribution in [3.05, 3.63) is 59.2 Å². The van der Waals surface area contributed by atoms with Gasteiger partial charge >= 0.3 is 0 Å². The maximum absolute atomic E-state index is 5.35. The van der Waals surface area contributed by atoms with E-state index in [1.54, 1.807) is 14.2 Å². The fourth-order valence-corrected chi connectivity index (χ4v) is 2.76. The first-order valence-electron chi connectivity index (χ1n) is 6.55. The summed E-state index contributed by atoms with van der Waals surface area (Å²) in [5.41, 5.74) is 3.78. The molecule has 0 N–H and O–H groups in total. The average Bonchev–Trinajstić information content (AvgIpc) is 2.48. The molecule has 2 aromatic carbocycles. The zero-order valence-corrected chi connectivity index (χ0v) is 13.6. The van der Waals surface area contributed by atoms with Crippen LogP contribution < -0.4 is 9.47 Å². The largest absolute Gasteiger partial charge is 0.493 e. The minimum absolute atomic E-state index is 0.255. The molecule has 2 rings (SSSR count). The standard InChI is InChI=1S/C17H19BrO2/c1-12-4-6-13(7-5-12)10-15(18)14-8-9-16(19-2)17(11-14)20-3/h4-9,11,15H,10H2,1-3H3. The van der Waals surface area contributed by atoms with Crippen LogP contribution in [0.1, 0.15) is 21.5 Å². The van der Waals surface area contributed by atoms with E-state index in [9.17, 15) is 0 Å². The Bertz CT molecular complexity index is 564. The van der Waals surface area contributed by atoms with Gasteiger partial charge in [-0.2, -0.15) is 0 Å². The summed E-state index contributed by atoms with van der Waals surface area (Å²) in [6.07, 6.45) is 0.940. The number of rotatable bonds is 5. The third kappa shape index (κ3) is 3.54. The number of halogens is 1. The highest BCUT2D eigenvalue weighted by Gasteiger charge is 2.12. The number of ether oxygens (including phenoxy) is 2. The summed E-state index contributed by atoms with van der Waals surface area (Å²) < 4.78 is 10.6. The van der Waals surface area contributed by atoms with Crippen LogP contribution in [0.2, 0.25) is 0 Å². The van der Waals surface area contributed by atoms with Crippen molar-refractivity contribution < 1.29 is 9.47 Å². The van der Waals surface area contributed by atoms with Gasteiger partial charge in [-0.25, -0.2) is 0 Å². The van der Waals surface area contributed by atoms with E-state index < -0.39 is 0 Å². The van der Waals surface area contributed by atoms with Crippen LogP contribution in [-0.4, -0.2) is 14.2 Å². The molecule has 0 aliphatic rings. The molecule has 106 valence electrons. The van der Waals surface area contributed by atoms with E-state index in [1.165, 1.54) is 16.7 Å². The molecule has 0 aliphatic heterocycles. The molecule has 3 heteroatoms. The lowest BCUT2D eigenvalue weighted by molar-refractivity contribution is 0.354. The molecule has 2 nitrogen and oxygen atoms in total. The highest BCUT2D eigenvalue weighted by atomic mass is 79.9. The van der Waals surface area contributed by atoms with Gasteiger partial charge in [0.05, 0.1) is 14.2 Å². The number of hydrogen-bond donors (Lipinski definition) is 0. The fourth-order valence-electron chi connectivity index (χ4n) is 2.10.